The molecule has 3 nitrogen and oxygen atoms in total. The summed E-state index contributed by atoms with van der Waals surface area (Å²) in [6, 6.07) is 17.6. The van der Waals surface area contributed by atoms with Crippen molar-refractivity contribution in [2.45, 2.75) is 25.6 Å². The molecule has 2 aromatic carbocycles. The predicted octanol–water partition coefficient (Wildman–Crippen LogP) is 2.91. The van der Waals surface area contributed by atoms with Crippen LogP contribution in [0.3, 0.4) is 0 Å². The van der Waals surface area contributed by atoms with Crippen molar-refractivity contribution in [2.75, 3.05) is 7.11 Å². The highest BCUT2D eigenvalue weighted by atomic mass is 16.5. The number of hydrogen-bond acceptors (Lipinski definition) is 3. The highest BCUT2D eigenvalue weighted by Crippen LogP contribution is 2.17. The third kappa shape index (κ3) is 3.83. The molecule has 0 spiro atoms. The summed E-state index contributed by atoms with van der Waals surface area (Å²) in [6.07, 6.45) is -0.512. The molecular formula is C17H21NO2. The molecular weight excluding hydrogens is 250 g/mol. The molecule has 0 heterocycles. The molecule has 0 unspecified atom stereocenters. The standard InChI is InChI=1S/C17H21NO2/c1-13(17(19)15-8-4-3-5-9-15)18-12-14-7-6-10-16(11-14)20-2/h3-11,13,17-19H,12H2,1-2H3/t13-,17+/m1/s1. The first-order valence-corrected chi connectivity index (χ1v) is 6.80. The summed E-state index contributed by atoms with van der Waals surface area (Å²) in [4.78, 5) is 0. The summed E-state index contributed by atoms with van der Waals surface area (Å²) in [7, 11) is 1.66. The van der Waals surface area contributed by atoms with E-state index in [4.69, 9.17) is 4.74 Å². The molecule has 2 rings (SSSR count). The first-order valence-electron chi connectivity index (χ1n) is 6.80. The van der Waals surface area contributed by atoms with Gasteiger partial charge >= 0.3 is 0 Å². The van der Waals surface area contributed by atoms with E-state index in [0.29, 0.717) is 6.54 Å². The van der Waals surface area contributed by atoms with Crippen molar-refractivity contribution in [3.63, 3.8) is 0 Å². The second kappa shape index (κ2) is 7.08. The number of aliphatic hydroxyl groups excluding tert-OH is 1. The highest BCUT2D eigenvalue weighted by molar-refractivity contribution is 5.28. The van der Waals surface area contributed by atoms with Crippen LogP contribution in [0.15, 0.2) is 54.6 Å². The van der Waals surface area contributed by atoms with Gasteiger partial charge in [0, 0.05) is 12.6 Å². The van der Waals surface area contributed by atoms with Crippen molar-refractivity contribution in [3.8, 4) is 5.75 Å². The second-order valence-electron chi connectivity index (χ2n) is 4.88. The number of aliphatic hydroxyl groups is 1. The molecule has 0 bridgehead atoms. The average Bonchev–Trinajstić information content (AvgIpc) is 2.53. The minimum atomic E-state index is -0.512. The van der Waals surface area contributed by atoms with Crippen LogP contribution < -0.4 is 10.1 Å². The lowest BCUT2D eigenvalue weighted by Crippen LogP contribution is -2.31. The molecule has 2 atom stereocenters. The summed E-state index contributed by atoms with van der Waals surface area (Å²) in [5, 5.41) is 13.6. The summed E-state index contributed by atoms with van der Waals surface area (Å²) in [5.74, 6) is 0.848. The van der Waals surface area contributed by atoms with Crippen LogP contribution in [-0.4, -0.2) is 18.3 Å². The molecule has 0 fully saturated rings. The van der Waals surface area contributed by atoms with Crippen molar-refractivity contribution in [1.82, 2.24) is 5.32 Å². The maximum absolute atomic E-state index is 10.3. The zero-order valence-corrected chi connectivity index (χ0v) is 11.9. The van der Waals surface area contributed by atoms with Crippen molar-refractivity contribution < 1.29 is 9.84 Å². The van der Waals surface area contributed by atoms with Crippen LogP contribution in [0.4, 0.5) is 0 Å². The fourth-order valence-corrected chi connectivity index (χ4v) is 2.11. The van der Waals surface area contributed by atoms with Gasteiger partial charge in [0.05, 0.1) is 13.2 Å². The third-order valence-corrected chi connectivity index (χ3v) is 3.38. The third-order valence-electron chi connectivity index (χ3n) is 3.38. The Morgan fingerprint density at radius 3 is 2.55 bits per heavy atom. The minimum Gasteiger partial charge on any atom is -0.497 e. The number of methoxy groups -OCH3 is 1. The Morgan fingerprint density at radius 2 is 1.85 bits per heavy atom. The normalized spacial score (nSPS) is 13.8. The lowest BCUT2D eigenvalue weighted by molar-refractivity contribution is 0.135. The summed E-state index contributed by atoms with van der Waals surface area (Å²) in [6.45, 7) is 2.68. The van der Waals surface area contributed by atoms with E-state index in [1.165, 1.54) is 0 Å². The van der Waals surface area contributed by atoms with Crippen molar-refractivity contribution in [3.05, 3.63) is 65.7 Å². The van der Waals surface area contributed by atoms with Crippen LogP contribution in [0.2, 0.25) is 0 Å². The van der Waals surface area contributed by atoms with E-state index in [2.05, 4.69) is 5.32 Å². The van der Waals surface area contributed by atoms with Crippen LogP contribution in [-0.2, 0) is 6.54 Å². The Kier molecular flexibility index (Phi) is 5.16. The van der Waals surface area contributed by atoms with Crippen LogP contribution in [0.1, 0.15) is 24.2 Å². The number of ether oxygens (including phenoxy) is 1. The van der Waals surface area contributed by atoms with Gasteiger partial charge in [0.25, 0.3) is 0 Å². The average molecular weight is 271 g/mol. The van der Waals surface area contributed by atoms with E-state index in [9.17, 15) is 5.11 Å². The molecule has 0 aromatic heterocycles. The Labute approximate surface area is 120 Å². The van der Waals surface area contributed by atoms with E-state index in [1.807, 2.05) is 61.5 Å². The van der Waals surface area contributed by atoms with Crippen LogP contribution in [0.25, 0.3) is 0 Å². The van der Waals surface area contributed by atoms with Crippen LogP contribution >= 0.6 is 0 Å². The van der Waals surface area contributed by atoms with Gasteiger partial charge in [-0.25, -0.2) is 0 Å². The van der Waals surface area contributed by atoms with Gasteiger partial charge in [-0.15, -0.1) is 0 Å². The fourth-order valence-electron chi connectivity index (χ4n) is 2.11. The smallest absolute Gasteiger partial charge is 0.119 e. The van der Waals surface area contributed by atoms with Gasteiger partial charge in [-0.3, -0.25) is 0 Å². The van der Waals surface area contributed by atoms with E-state index >= 15 is 0 Å². The monoisotopic (exact) mass is 271 g/mol. The molecule has 0 aliphatic heterocycles. The maximum Gasteiger partial charge on any atom is 0.119 e. The van der Waals surface area contributed by atoms with Gasteiger partial charge in [0.2, 0.25) is 0 Å². The zero-order chi connectivity index (χ0) is 14.4. The molecule has 2 aromatic rings. The summed E-state index contributed by atoms with van der Waals surface area (Å²) < 4.78 is 5.20. The summed E-state index contributed by atoms with van der Waals surface area (Å²) in [5.41, 5.74) is 2.06. The number of benzene rings is 2. The molecule has 2 N–H and O–H groups in total. The molecule has 0 saturated carbocycles. The molecule has 106 valence electrons. The van der Waals surface area contributed by atoms with Crippen molar-refractivity contribution >= 4 is 0 Å². The first kappa shape index (κ1) is 14.6. The SMILES string of the molecule is COc1cccc(CN[C@H](C)[C@H](O)c2ccccc2)c1. The predicted molar refractivity (Wildman–Crippen MR) is 80.7 cm³/mol. The second-order valence-corrected chi connectivity index (χ2v) is 4.88. The molecule has 20 heavy (non-hydrogen) atoms. The Morgan fingerprint density at radius 1 is 1.10 bits per heavy atom. The van der Waals surface area contributed by atoms with Crippen LogP contribution in [0, 0.1) is 0 Å². The highest BCUT2D eigenvalue weighted by Gasteiger charge is 2.15. The van der Waals surface area contributed by atoms with Gasteiger partial charge in [0.15, 0.2) is 0 Å². The van der Waals surface area contributed by atoms with E-state index < -0.39 is 6.10 Å². The molecule has 0 saturated heterocycles. The topological polar surface area (TPSA) is 41.5 Å². The van der Waals surface area contributed by atoms with Gasteiger partial charge in [-0.1, -0.05) is 42.5 Å². The largest absolute Gasteiger partial charge is 0.497 e. The lowest BCUT2D eigenvalue weighted by Gasteiger charge is -2.20. The lowest BCUT2D eigenvalue weighted by atomic mass is 10.0. The Balaban J connectivity index is 1.93. The Bertz CT molecular complexity index is 528. The Hall–Kier alpha value is -1.84. The van der Waals surface area contributed by atoms with E-state index in [-0.39, 0.29) is 6.04 Å². The van der Waals surface area contributed by atoms with E-state index in [0.717, 1.165) is 16.9 Å². The maximum atomic E-state index is 10.3. The molecule has 0 amide bonds. The van der Waals surface area contributed by atoms with Crippen molar-refractivity contribution in [1.29, 1.82) is 0 Å². The van der Waals surface area contributed by atoms with Gasteiger partial charge < -0.3 is 15.2 Å². The zero-order valence-electron chi connectivity index (χ0n) is 11.9. The number of rotatable bonds is 6. The molecule has 0 aliphatic carbocycles. The molecule has 0 aliphatic rings. The fraction of sp³-hybridized carbons (Fsp3) is 0.294. The summed E-state index contributed by atoms with van der Waals surface area (Å²) >= 11 is 0. The first-order chi connectivity index (χ1) is 9.70. The van der Waals surface area contributed by atoms with Crippen LogP contribution in [0.5, 0.6) is 5.75 Å². The molecule has 3 heteroatoms. The number of hydrogen-bond donors (Lipinski definition) is 2. The number of nitrogens with one attached hydrogen (secondary N) is 1. The minimum absolute atomic E-state index is 0.0244. The van der Waals surface area contributed by atoms with Gasteiger partial charge in [0.1, 0.15) is 5.75 Å². The van der Waals surface area contributed by atoms with Gasteiger partial charge in [-0.05, 0) is 30.2 Å². The quantitative estimate of drug-likeness (QED) is 0.849. The van der Waals surface area contributed by atoms with Crippen molar-refractivity contribution in [2.24, 2.45) is 0 Å². The molecule has 0 radical (unpaired) electrons. The van der Waals surface area contributed by atoms with Gasteiger partial charge in [-0.2, -0.15) is 0 Å². The van der Waals surface area contributed by atoms with E-state index in [1.54, 1.807) is 7.11 Å².